The van der Waals surface area contributed by atoms with Crippen molar-refractivity contribution in [2.45, 2.75) is 6.92 Å². The van der Waals surface area contributed by atoms with Gasteiger partial charge in [-0.25, -0.2) is 0 Å². The lowest BCUT2D eigenvalue weighted by molar-refractivity contribution is 0.0995. The summed E-state index contributed by atoms with van der Waals surface area (Å²) < 4.78 is 1.49. The Morgan fingerprint density at radius 2 is 1.92 bits per heavy atom. The molecule has 0 aliphatic carbocycles. The monoisotopic (exact) mass is 336 g/mol. The quantitative estimate of drug-likeness (QED) is 0.757. The zero-order valence-electron chi connectivity index (χ0n) is 13.7. The number of nitrogens with two attached hydrogens (primary N) is 1. The van der Waals surface area contributed by atoms with Gasteiger partial charge in [0.15, 0.2) is 5.69 Å². The molecule has 3 rings (SSSR count). The van der Waals surface area contributed by atoms with Crippen LogP contribution in [0.15, 0.2) is 47.3 Å². The first-order chi connectivity index (χ1) is 11.9. The number of amides is 2. The van der Waals surface area contributed by atoms with E-state index in [1.165, 1.54) is 16.8 Å². The Bertz CT molecular complexity index is 1070. The van der Waals surface area contributed by atoms with E-state index < -0.39 is 17.2 Å². The number of nitrogens with zero attached hydrogens (tertiary/aromatic N) is 2. The van der Waals surface area contributed by atoms with Gasteiger partial charge in [-0.05, 0) is 37.3 Å². The van der Waals surface area contributed by atoms with Crippen LogP contribution in [0.2, 0.25) is 0 Å². The summed E-state index contributed by atoms with van der Waals surface area (Å²) in [4.78, 5) is 36.4. The lowest BCUT2D eigenvalue weighted by atomic mass is 10.1. The van der Waals surface area contributed by atoms with Crippen LogP contribution in [-0.2, 0) is 7.05 Å². The summed E-state index contributed by atoms with van der Waals surface area (Å²) in [7, 11) is 1.67. The predicted molar refractivity (Wildman–Crippen MR) is 94.6 cm³/mol. The van der Waals surface area contributed by atoms with Gasteiger partial charge in [0.1, 0.15) is 0 Å². The van der Waals surface area contributed by atoms with E-state index in [4.69, 9.17) is 5.73 Å². The summed E-state index contributed by atoms with van der Waals surface area (Å²) in [6.07, 6.45) is 0. The van der Waals surface area contributed by atoms with Crippen molar-refractivity contribution in [2.24, 2.45) is 12.8 Å². The fourth-order valence-electron chi connectivity index (χ4n) is 2.58. The SMILES string of the molecule is Cc1ccc2c(c1)c(=O)c(C(=O)Nc1cccc(C(N)=O)c1)nn2C. The van der Waals surface area contributed by atoms with E-state index in [0.717, 1.165) is 5.56 Å². The number of carbonyl (C=O) groups is 2. The van der Waals surface area contributed by atoms with E-state index in [1.807, 2.05) is 13.0 Å². The van der Waals surface area contributed by atoms with Gasteiger partial charge in [-0.1, -0.05) is 17.7 Å². The van der Waals surface area contributed by atoms with Crippen LogP contribution in [0.1, 0.15) is 26.4 Å². The van der Waals surface area contributed by atoms with Crippen molar-refractivity contribution in [2.75, 3.05) is 5.32 Å². The van der Waals surface area contributed by atoms with Gasteiger partial charge in [0, 0.05) is 18.3 Å². The molecule has 2 amide bonds. The molecule has 0 radical (unpaired) electrons. The number of hydrogen-bond donors (Lipinski definition) is 2. The average molecular weight is 336 g/mol. The number of benzene rings is 2. The Balaban J connectivity index is 2.03. The molecule has 0 fully saturated rings. The van der Waals surface area contributed by atoms with Crippen molar-refractivity contribution >= 4 is 28.4 Å². The first kappa shape index (κ1) is 16.4. The third-order valence-corrected chi connectivity index (χ3v) is 3.83. The predicted octanol–water partition coefficient (Wildman–Crippen LogP) is 1.59. The minimum Gasteiger partial charge on any atom is -0.366 e. The first-order valence-electron chi connectivity index (χ1n) is 7.55. The van der Waals surface area contributed by atoms with Crippen LogP contribution >= 0.6 is 0 Å². The number of hydrogen-bond acceptors (Lipinski definition) is 4. The van der Waals surface area contributed by atoms with E-state index in [2.05, 4.69) is 10.4 Å². The Morgan fingerprint density at radius 1 is 1.16 bits per heavy atom. The van der Waals surface area contributed by atoms with Gasteiger partial charge in [0.05, 0.1) is 10.9 Å². The standard InChI is InChI=1S/C18H16N4O3/c1-10-6-7-14-13(8-10)16(23)15(21-22(14)2)18(25)20-12-5-3-4-11(9-12)17(19)24/h3-9H,1-2H3,(H2,19,24)(H,20,25). The topological polar surface area (TPSA) is 107 Å². The van der Waals surface area contributed by atoms with Crippen molar-refractivity contribution in [3.8, 4) is 0 Å². The fourth-order valence-corrected chi connectivity index (χ4v) is 2.58. The summed E-state index contributed by atoms with van der Waals surface area (Å²) in [5.41, 5.74) is 6.73. The van der Waals surface area contributed by atoms with Crippen LogP contribution in [0.4, 0.5) is 5.69 Å². The Kier molecular flexibility index (Phi) is 4.06. The molecule has 25 heavy (non-hydrogen) atoms. The smallest absolute Gasteiger partial charge is 0.280 e. The van der Waals surface area contributed by atoms with Crippen LogP contribution in [0.5, 0.6) is 0 Å². The lowest BCUT2D eigenvalue weighted by Gasteiger charge is -2.09. The van der Waals surface area contributed by atoms with E-state index in [9.17, 15) is 14.4 Å². The Labute approximate surface area is 143 Å². The van der Waals surface area contributed by atoms with Gasteiger partial charge >= 0.3 is 0 Å². The summed E-state index contributed by atoms with van der Waals surface area (Å²) in [5, 5.41) is 7.09. The molecule has 0 bridgehead atoms. The molecule has 0 saturated heterocycles. The fraction of sp³-hybridized carbons (Fsp3) is 0.111. The van der Waals surface area contributed by atoms with Gasteiger partial charge in [0.2, 0.25) is 11.3 Å². The van der Waals surface area contributed by atoms with Gasteiger partial charge in [0.25, 0.3) is 5.91 Å². The molecule has 0 aliphatic heterocycles. The highest BCUT2D eigenvalue weighted by Gasteiger charge is 2.17. The molecule has 0 aliphatic rings. The molecular formula is C18H16N4O3. The third-order valence-electron chi connectivity index (χ3n) is 3.83. The number of rotatable bonds is 3. The number of anilines is 1. The van der Waals surface area contributed by atoms with E-state index in [1.54, 1.807) is 31.3 Å². The molecule has 0 spiro atoms. The van der Waals surface area contributed by atoms with Crippen LogP contribution < -0.4 is 16.5 Å². The second-order valence-electron chi connectivity index (χ2n) is 5.72. The molecule has 3 aromatic rings. The number of nitrogens with one attached hydrogen (secondary N) is 1. The number of aromatic nitrogens is 2. The number of primary amides is 1. The molecule has 0 atom stereocenters. The molecule has 2 aromatic carbocycles. The average Bonchev–Trinajstić information content (AvgIpc) is 2.58. The van der Waals surface area contributed by atoms with Gasteiger partial charge in [-0.15, -0.1) is 0 Å². The van der Waals surface area contributed by atoms with Crippen molar-refractivity contribution in [1.29, 1.82) is 0 Å². The van der Waals surface area contributed by atoms with Crippen molar-refractivity contribution < 1.29 is 9.59 Å². The molecule has 0 unspecified atom stereocenters. The van der Waals surface area contributed by atoms with Crippen molar-refractivity contribution in [3.05, 3.63) is 69.5 Å². The minimum absolute atomic E-state index is 0.218. The molecule has 7 heteroatoms. The molecule has 7 nitrogen and oxygen atoms in total. The largest absolute Gasteiger partial charge is 0.366 e. The zero-order valence-corrected chi connectivity index (χ0v) is 13.7. The lowest BCUT2D eigenvalue weighted by Crippen LogP contribution is -2.26. The second kappa shape index (κ2) is 6.20. The highest BCUT2D eigenvalue weighted by Crippen LogP contribution is 2.13. The summed E-state index contributed by atoms with van der Waals surface area (Å²) in [5.74, 6) is -1.25. The Morgan fingerprint density at radius 3 is 2.64 bits per heavy atom. The number of fused-ring (bicyclic) bond motifs is 1. The van der Waals surface area contributed by atoms with E-state index in [0.29, 0.717) is 16.6 Å². The van der Waals surface area contributed by atoms with Gasteiger partial charge in [-0.2, -0.15) is 5.10 Å². The van der Waals surface area contributed by atoms with Gasteiger partial charge in [-0.3, -0.25) is 19.1 Å². The Hall–Kier alpha value is -3.48. The third kappa shape index (κ3) is 3.12. The van der Waals surface area contributed by atoms with Gasteiger partial charge < -0.3 is 11.1 Å². The number of carbonyl (C=O) groups excluding carboxylic acids is 2. The number of aryl methyl sites for hydroxylation is 2. The van der Waals surface area contributed by atoms with Crippen LogP contribution in [-0.4, -0.2) is 21.6 Å². The summed E-state index contributed by atoms with van der Waals surface area (Å²) >= 11 is 0. The summed E-state index contributed by atoms with van der Waals surface area (Å²) in [6.45, 7) is 1.87. The minimum atomic E-state index is -0.648. The second-order valence-corrected chi connectivity index (χ2v) is 5.72. The molecule has 1 aromatic heterocycles. The van der Waals surface area contributed by atoms with E-state index in [-0.39, 0.29) is 11.3 Å². The normalized spacial score (nSPS) is 10.6. The van der Waals surface area contributed by atoms with Crippen molar-refractivity contribution in [3.63, 3.8) is 0 Å². The maximum Gasteiger partial charge on any atom is 0.280 e. The van der Waals surface area contributed by atoms with Crippen LogP contribution in [0, 0.1) is 6.92 Å². The first-order valence-corrected chi connectivity index (χ1v) is 7.55. The molecule has 126 valence electrons. The summed E-state index contributed by atoms with van der Waals surface area (Å²) in [6, 6.07) is 11.6. The highest BCUT2D eigenvalue weighted by molar-refractivity contribution is 6.05. The highest BCUT2D eigenvalue weighted by atomic mass is 16.2. The maximum absolute atomic E-state index is 12.6. The molecule has 1 heterocycles. The van der Waals surface area contributed by atoms with Crippen LogP contribution in [0.3, 0.4) is 0 Å². The van der Waals surface area contributed by atoms with E-state index >= 15 is 0 Å². The molecule has 3 N–H and O–H groups in total. The zero-order chi connectivity index (χ0) is 18.1. The molecular weight excluding hydrogens is 320 g/mol. The maximum atomic E-state index is 12.6. The van der Waals surface area contributed by atoms with Crippen LogP contribution in [0.25, 0.3) is 10.9 Å². The molecule has 0 saturated carbocycles. The van der Waals surface area contributed by atoms with Crippen molar-refractivity contribution in [1.82, 2.24) is 9.78 Å².